The molecule has 2 N–H and O–H groups in total. The molecule has 150 valence electrons. The van der Waals surface area contributed by atoms with Crippen LogP contribution in [0.25, 0.3) is 0 Å². The molecule has 1 aliphatic heterocycles. The molecule has 2 heterocycles. The van der Waals surface area contributed by atoms with Gasteiger partial charge < -0.3 is 15.5 Å². The van der Waals surface area contributed by atoms with E-state index in [1.165, 1.54) is 16.2 Å². The Morgan fingerprint density at radius 1 is 1.32 bits per heavy atom. The van der Waals surface area contributed by atoms with Crippen LogP contribution in [0.5, 0.6) is 0 Å². The van der Waals surface area contributed by atoms with Gasteiger partial charge in [-0.1, -0.05) is 11.3 Å². The van der Waals surface area contributed by atoms with E-state index in [2.05, 4.69) is 20.8 Å². The summed E-state index contributed by atoms with van der Waals surface area (Å²) in [6.07, 6.45) is 3.70. The maximum atomic E-state index is 13.6. The fraction of sp³-hybridized carbons (Fsp3) is 0.722. The molecule has 0 unspecified atom stereocenters. The number of hydrogen-bond donors (Lipinski definition) is 2. The lowest BCUT2D eigenvalue weighted by Gasteiger charge is -2.52. The number of aromatic nitrogens is 2. The summed E-state index contributed by atoms with van der Waals surface area (Å²) in [6, 6.07) is 1.34. The zero-order valence-corrected chi connectivity index (χ0v) is 16.3. The van der Waals surface area contributed by atoms with Gasteiger partial charge in [-0.2, -0.15) is 5.26 Å². The molecule has 3 saturated carbocycles. The molecule has 1 saturated heterocycles. The van der Waals surface area contributed by atoms with Gasteiger partial charge in [0.1, 0.15) is 17.7 Å². The Bertz CT molecular complexity index is 770. The van der Waals surface area contributed by atoms with Crippen molar-refractivity contribution >= 4 is 28.3 Å². The van der Waals surface area contributed by atoms with E-state index in [0.29, 0.717) is 5.13 Å². The SMILES string of the molecule is N#C[C@@H]1C[C@H](F)CN1C(=O)CNC12CCC(C(=O)Nc3nncs3)(CC1)CC2. The molecule has 10 heteroatoms. The minimum atomic E-state index is -1.12. The van der Waals surface area contributed by atoms with Crippen LogP contribution in [0.4, 0.5) is 9.52 Å². The number of nitriles is 1. The number of carbonyl (C=O) groups is 2. The number of rotatable bonds is 5. The van der Waals surface area contributed by atoms with Gasteiger partial charge in [-0.3, -0.25) is 9.59 Å². The maximum Gasteiger partial charge on any atom is 0.237 e. The maximum absolute atomic E-state index is 13.6. The van der Waals surface area contributed by atoms with Crippen LogP contribution in [0.1, 0.15) is 44.9 Å². The molecule has 4 aliphatic rings. The molecule has 1 aromatic heterocycles. The van der Waals surface area contributed by atoms with Crippen LogP contribution in [0.2, 0.25) is 0 Å². The first-order valence-electron chi connectivity index (χ1n) is 9.61. The van der Waals surface area contributed by atoms with Gasteiger partial charge in [0, 0.05) is 17.4 Å². The first-order valence-corrected chi connectivity index (χ1v) is 10.5. The van der Waals surface area contributed by atoms with Crippen LogP contribution < -0.4 is 10.6 Å². The van der Waals surface area contributed by atoms with Crippen molar-refractivity contribution in [1.82, 2.24) is 20.4 Å². The van der Waals surface area contributed by atoms with Crippen LogP contribution >= 0.6 is 11.3 Å². The third-order valence-electron chi connectivity index (χ3n) is 6.64. The molecule has 0 radical (unpaired) electrons. The van der Waals surface area contributed by atoms with Crippen molar-refractivity contribution in [3.8, 4) is 6.07 Å². The van der Waals surface area contributed by atoms with Crippen molar-refractivity contribution in [3.05, 3.63) is 5.51 Å². The normalized spacial score (nSPS) is 34.2. The number of amides is 2. The number of alkyl halides is 1. The predicted octanol–water partition coefficient (Wildman–Crippen LogP) is 1.62. The van der Waals surface area contributed by atoms with Crippen LogP contribution in [0, 0.1) is 16.7 Å². The smallest absolute Gasteiger partial charge is 0.237 e. The zero-order chi connectivity index (χ0) is 19.8. The van der Waals surface area contributed by atoms with E-state index in [4.69, 9.17) is 5.26 Å². The van der Waals surface area contributed by atoms with E-state index in [0.717, 1.165) is 38.5 Å². The monoisotopic (exact) mass is 406 g/mol. The highest BCUT2D eigenvalue weighted by Crippen LogP contribution is 2.52. The molecule has 2 amide bonds. The van der Waals surface area contributed by atoms with Crippen LogP contribution in [0.15, 0.2) is 5.51 Å². The van der Waals surface area contributed by atoms with Gasteiger partial charge in [0.25, 0.3) is 0 Å². The van der Waals surface area contributed by atoms with Gasteiger partial charge in [-0.15, -0.1) is 10.2 Å². The second kappa shape index (κ2) is 7.37. The highest BCUT2D eigenvalue weighted by Gasteiger charge is 2.52. The summed E-state index contributed by atoms with van der Waals surface area (Å²) in [4.78, 5) is 26.6. The highest BCUT2D eigenvalue weighted by molar-refractivity contribution is 7.13. The Hall–Kier alpha value is -2.12. The number of nitrogens with zero attached hydrogens (tertiary/aromatic N) is 4. The first kappa shape index (κ1) is 19.2. The quantitative estimate of drug-likeness (QED) is 0.769. The predicted molar refractivity (Wildman–Crippen MR) is 100 cm³/mol. The van der Waals surface area contributed by atoms with Gasteiger partial charge in [-0.05, 0) is 38.5 Å². The van der Waals surface area contributed by atoms with E-state index >= 15 is 0 Å². The van der Waals surface area contributed by atoms with Crippen molar-refractivity contribution in [2.24, 2.45) is 5.41 Å². The molecular weight excluding hydrogens is 383 g/mol. The largest absolute Gasteiger partial charge is 0.323 e. The lowest BCUT2D eigenvalue weighted by atomic mass is 9.57. The summed E-state index contributed by atoms with van der Waals surface area (Å²) >= 11 is 1.30. The fourth-order valence-corrected chi connectivity index (χ4v) is 5.24. The number of likely N-dealkylation sites (tertiary alicyclic amines) is 1. The highest BCUT2D eigenvalue weighted by atomic mass is 32.1. The van der Waals surface area contributed by atoms with Crippen LogP contribution in [0.3, 0.4) is 0 Å². The average molecular weight is 406 g/mol. The van der Waals surface area contributed by atoms with Gasteiger partial charge in [0.2, 0.25) is 16.9 Å². The van der Waals surface area contributed by atoms with E-state index in [1.54, 1.807) is 5.51 Å². The molecule has 2 atom stereocenters. The average Bonchev–Trinajstić information content (AvgIpc) is 3.36. The van der Waals surface area contributed by atoms with Gasteiger partial charge in [0.05, 0.1) is 19.2 Å². The van der Waals surface area contributed by atoms with Crippen LogP contribution in [-0.2, 0) is 9.59 Å². The lowest BCUT2D eigenvalue weighted by Crippen LogP contribution is -2.59. The molecule has 5 rings (SSSR count). The van der Waals surface area contributed by atoms with Gasteiger partial charge in [0.15, 0.2) is 0 Å². The third kappa shape index (κ3) is 3.49. The summed E-state index contributed by atoms with van der Waals surface area (Å²) in [6.45, 7) is 0.107. The summed E-state index contributed by atoms with van der Waals surface area (Å²) in [5.74, 6) is -0.214. The molecule has 0 spiro atoms. The van der Waals surface area contributed by atoms with Crippen molar-refractivity contribution in [3.63, 3.8) is 0 Å². The molecule has 0 aromatic carbocycles. The molecular formula is C18H23FN6O2S. The third-order valence-corrected chi connectivity index (χ3v) is 7.25. The molecule has 3 aliphatic carbocycles. The van der Waals surface area contributed by atoms with E-state index in [1.807, 2.05) is 6.07 Å². The summed E-state index contributed by atoms with van der Waals surface area (Å²) < 4.78 is 13.6. The first-order chi connectivity index (χ1) is 13.5. The Labute approximate surface area is 166 Å². The van der Waals surface area contributed by atoms with Gasteiger partial charge >= 0.3 is 0 Å². The fourth-order valence-electron chi connectivity index (χ4n) is 4.80. The lowest BCUT2D eigenvalue weighted by molar-refractivity contribution is -0.135. The van der Waals surface area contributed by atoms with Crippen molar-refractivity contribution in [1.29, 1.82) is 5.26 Å². The van der Waals surface area contributed by atoms with E-state index in [9.17, 15) is 14.0 Å². The molecule has 4 fully saturated rings. The number of fused-ring (bicyclic) bond motifs is 3. The zero-order valence-electron chi connectivity index (χ0n) is 15.5. The summed E-state index contributed by atoms with van der Waals surface area (Å²) in [7, 11) is 0. The second-order valence-electron chi connectivity index (χ2n) is 8.14. The van der Waals surface area contributed by atoms with E-state index < -0.39 is 12.2 Å². The Balaban J connectivity index is 1.32. The van der Waals surface area contributed by atoms with Crippen molar-refractivity contribution in [2.45, 2.75) is 62.7 Å². The topological polar surface area (TPSA) is 111 Å². The number of hydrogen-bond acceptors (Lipinski definition) is 7. The number of halogens is 1. The van der Waals surface area contributed by atoms with Crippen molar-refractivity contribution < 1.29 is 14.0 Å². The van der Waals surface area contributed by atoms with Crippen LogP contribution in [-0.4, -0.2) is 57.8 Å². The molecule has 28 heavy (non-hydrogen) atoms. The number of carbonyl (C=O) groups excluding carboxylic acids is 2. The minimum absolute atomic E-state index is 0.000630. The van der Waals surface area contributed by atoms with Crippen molar-refractivity contribution in [2.75, 3.05) is 18.4 Å². The van der Waals surface area contributed by atoms with E-state index in [-0.39, 0.29) is 42.3 Å². The number of anilines is 1. The molecule has 8 nitrogen and oxygen atoms in total. The minimum Gasteiger partial charge on any atom is -0.323 e. The molecule has 2 bridgehead atoms. The number of nitrogens with one attached hydrogen (secondary N) is 2. The Kier molecular flexibility index (Phi) is 5.05. The molecule has 1 aromatic rings. The standard InChI is InChI=1S/C18H23FN6O2S/c19-12-7-13(8-20)25(10-12)14(26)9-21-18-4-1-17(2-5-18,3-6-18)15(27)23-16-24-22-11-28-16/h11-13,21H,1-7,9-10H2,(H,23,24,27)/t12-,13-,17?,18?/m0/s1. The Morgan fingerprint density at radius 2 is 2.04 bits per heavy atom. The Morgan fingerprint density at radius 3 is 2.64 bits per heavy atom. The second-order valence-corrected chi connectivity index (χ2v) is 8.97. The summed E-state index contributed by atoms with van der Waals surface area (Å²) in [5.41, 5.74) is 1.06. The van der Waals surface area contributed by atoms with Gasteiger partial charge in [-0.25, -0.2) is 4.39 Å². The summed E-state index contributed by atoms with van der Waals surface area (Å²) in [5, 5.41) is 23.5.